The van der Waals surface area contributed by atoms with Gasteiger partial charge in [0.25, 0.3) is 0 Å². The first-order valence-corrected chi connectivity index (χ1v) is 5.08. The number of carbonyl (C=O) groups is 1. The van der Waals surface area contributed by atoms with Gasteiger partial charge in [-0.3, -0.25) is 4.79 Å². The van der Waals surface area contributed by atoms with Gasteiger partial charge < -0.3 is 4.57 Å². The number of hydrogen-bond acceptors (Lipinski definition) is 2. The fourth-order valence-electron chi connectivity index (χ4n) is 2.02. The number of benzene rings is 1. The second-order valence-electron chi connectivity index (χ2n) is 3.96. The molecule has 2 aromatic rings. The van der Waals surface area contributed by atoms with E-state index in [0.29, 0.717) is 11.6 Å². The van der Waals surface area contributed by atoms with Crippen molar-refractivity contribution in [2.75, 3.05) is 0 Å². The summed E-state index contributed by atoms with van der Waals surface area (Å²) >= 11 is 0. The molecular weight excluding hydrogens is 188 g/mol. The number of rotatable bonds is 2. The third-order valence-electron chi connectivity index (χ3n) is 2.56. The molecule has 3 nitrogen and oxygen atoms in total. The van der Waals surface area contributed by atoms with Crippen molar-refractivity contribution in [2.24, 2.45) is 0 Å². The van der Waals surface area contributed by atoms with E-state index in [1.54, 1.807) is 0 Å². The van der Waals surface area contributed by atoms with Crippen molar-refractivity contribution in [2.45, 2.75) is 26.8 Å². The molecule has 0 atom stereocenters. The third kappa shape index (κ3) is 1.44. The Morgan fingerprint density at radius 3 is 2.73 bits per heavy atom. The van der Waals surface area contributed by atoms with Crippen LogP contribution in [0.4, 0.5) is 0 Å². The van der Waals surface area contributed by atoms with Crippen molar-refractivity contribution < 1.29 is 4.79 Å². The van der Waals surface area contributed by atoms with Gasteiger partial charge in [0.15, 0.2) is 6.29 Å². The summed E-state index contributed by atoms with van der Waals surface area (Å²) in [5.74, 6) is 0.953. The van der Waals surface area contributed by atoms with Gasteiger partial charge in [-0.1, -0.05) is 6.07 Å². The maximum atomic E-state index is 11.0. The fourth-order valence-corrected chi connectivity index (χ4v) is 2.02. The van der Waals surface area contributed by atoms with Crippen LogP contribution in [0.3, 0.4) is 0 Å². The second kappa shape index (κ2) is 3.50. The van der Waals surface area contributed by atoms with Crippen LogP contribution in [-0.4, -0.2) is 15.8 Å². The molecule has 15 heavy (non-hydrogen) atoms. The molecule has 0 aliphatic carbocycles. The molecule has 1 heterocycles. The second-order valence-corrected chi connectivity index (χ2v) is 3.96. The number of fused-ring (bicyclic) bond motifs is 1. The first-order valence-electron chi connectivity index (χ1n) is 5.08. The van der Waals surface area contributed by atoms with E-state index in [1.807, 2.05) is 25.1 Å². The van der Waals surface area contributed by atoms with E-state index < -0.39 is 0 Å². The average molecular weight is 202 g/mol. The lowest BCUT2D eigenvalue weighted by Crippen LogP contribution is -2.04. The minimum Gasteiger partial charge on any atom is -0.325 e. The summed E-state index contributed by atoms with van der Waals surface area (Å²) in [5, 5.41) is 0. The zero-order chi connectivity index (χ0) is 11.0. The van der Waals surface area contributed by atoms with Gasteiger partial charge in [0.1, 0.15) is 5.82 Å². The zero-order valence-corrected chi connectivity index (χ0v) is 9.19. The summed E-state index contributed by atoms with van der Waals surface area (Å²) in [5.41, 5.74) is 2.55. The van der Waals surface area contributed by atoms with Gasteiger partial charge in [0.2, 0.25) is 0 Å². The molecule has 78 valence electrons. The Kier molecular flexibility index (Phi) is 2.31. The Balaban J connectivity index is 2.88. The smallest absolute Gasteiger partial charge is 0.152 e. The van der Waals surface area contributed by atoms with Crippen molar-refractivity contribution in [1.82, 2.24) is 9.55 Å². The third-order valence-corrected chi connectivity index (χ3v) is 2.56. The highest BCUT2D eigenvalue weighted by Crippen LogP contribution is 2.22. The van der Waals surface area contributed by atoms with Crippen LogP contribution >= 0.6 is 0 Å². The molecule has 0 saturated carbocycles. The first kappa shape index (κ1) is 9.90. The largest absolute Gasteiger partial charge is 0.325 e. The van der Waals surface area contributed by atoms with Gasteiger partial charge >= 0.3 is 0 Å². The number of hydrogen-bond donors (Lipinski definition) is 0. The highest BCUT2D eigenvalue weighted by Gasteiger charge is 2.12. The Hall–Kier alpha value is -1.64. The Labute approximate surface area is 88.7 Å². The van der Waals surface area contributed by atoms with E-state index in [1.165, 1.54) is 0 Å². The summed E-state index contributed by atoms with van der Waals surface area (Å²) < 4.78 is 2.10. The monoisotopic (exact) mass is 202 g/mol. The van der Waals surface area contributed by atoms with E-state index in [9.17, 15) is 4.79 Å². The van der Waals surface area contributed by atoms with Gasteiger partial charge in [-0.25, -0.2) is 4.98 Å². The highest BCUT2D eigenvalue weighted by atomic mass is 16.1. The van der Waals surface area contributed by atoms with Crippen LogP contribution in [0.1, 0.15) is 36.1 Å². The molecule has 0 radical (unpaired) electrons. The molecular formula is C12H14N2O. The molecule has 1 aromatic carbocycles. The van der Waals surface area contributed by atoms with E-state index >= 15 is 0 Å². The molecule has 0 amide bonds. The maximum Gasteiger partial charge on any atom is 0.152 e. The number of carbonyl (C=O) groups excluding carboxylic acids is 1. The predicted molar refractivity (Wildman–Crippen MR) is 60.2 cm³/mol. The van der Waals surface area contributed by atoms with Gasteiger partial charge in [-0.05, 0) is 32.9 Å². The summed E-state index contributed by atoms with van der Waals surface area (Å²) in [6.45, 7) is 6.15. The van der Waals surface area contributed by atoms with Gasteiger partial charge in [0.05, 0.1) is 11.0 Å². The van der Waals surface area contributed by atoms with Gasteiger partial charge in [-0.2, -0.15) is 0 Å². The summed E-state index contributed by atoms with van der Waals surface area (Å²) in [4.78, 5) is 15.4. The van der Waals surface area contributed by atoms with E-state index in [4.69, 9.17) is 0 Å². The van der Waals surface area contributed by atoms with Crippen LogP contribution in [-0.2, 0) is 0 Å². The molecule has 0 aliphatic heterocycles. The molecule has 0 aliphatic rings. The summed E-state index contributed by atoms with van der Waals surface area (Å²) in [6, 6.07) is 5.95. The number of aldehydes is 1. The number of nitrogens with zero attached hydrogens (tertiary/aromatic N) is 2. The minimum atomic E-state index is 0.316. The summed E-state index contributed by atoms with van der Waals surface area (Å²) in [6.07, 6.45) is 0.891. The van der Waals surface area contributed by atoms with E-state index in [-0.39, 0.29) is 0 Å². The molecule has 3 heteroatoms. The maximum absolute atomic E-state index is 11.0. The zero-order valence-electron chi connectivity index (χ0n) is 9.19. The molecule has 0 fully saturated rings. The SMILES string of the molecule is Cc1nc2cccc(C=O)c2n1C(C)C. The Bertz CT molecular complexity index is 512. The van der Waals surface area contributed by atoms with Crippen LogP contribution in [0, 0.1) is 6.92 Å². The quantitative estimate of drug-likeness (QED) is 0.702. The van der Waals surface area contributed by atoms with Crippen LogP contribution in [0.25, 0.3) is 11.0 Å². The van der Waals surface area contributed by atoms with Crippen LogP contribution in [0.2, 0.25) is 0 Å². The van der Waals surface area contributed by atoms with Gasteiger partial charge in [-0.15, -0.1) is 0 Å². The molecule has 0 N–H and O–H groups in total. The topological polar surface area (TPSA) is 34.9 Å². The minimum absolute atomic E-state index is 0.316. The van der Waals surface area contributed by atoms with Crippen molar-refractivity contribution in [3.05, 3.63) is 29.6 Å². The van der Waals surface area contributed by atoms with Crippen LogP contribution in [0.15, 0.2) is 18.2 Å². The first-order chi connectivity index (χ1) is 7.15. The Morgan fingerprint density at radius 2 is 2.13 bits per heavy atom. The van der Waals surface area contributed by atoms with Crippen molar-refractivity contribution in [1.29, 1.82) is 0 Å². The fraction of sp³-hybridized carbons (Fsp3) is 0.333. The molecule has 2 rings (SSSR count). The molecule has 0 spiro atoms. The van der Waals surface area contributed by atoms with Gasteiger partial charge in [0, 0.05) is 11.6 Å². The molecule has 1 aromatic heterocycles. The number of aryl methyl sites for hydroxylation is 1. The predicted octanol–water partition coefficient (Wildman–Crippen LogP) is 2.74. The standard InChI is InChI=1S/C12H14N2O/c1-8(2)14-9(3)13-11-6-4-5-10(7-15)12(11)14/h4-8H,1-3H3. The average Bonchev–Trinajstić information content (AvgIpc) is 2.53. The molecule has 0 saturated heterocycles. The van der Waals surface area contributed by atoms with Crippen molar-refractivity contribution in [3.63, 3.8) is 0 Å². The Morgan fingerprint density at radius 1 is 1.40 bits per heavy atom. The van der Waals surface area contributed by atoms with Crippen molar-refractivity contribution >= 4 is 17.3 Å². The van der Waals surface area contributed by atoms with E-state index in [0.717, 1.165) is 23.1 Å². The lowest BCUT2D eigenvalue weighted by Gasteiger charge is -2.11. The number of para-hydroxylation sites is 1. The molecule has 0 bridgehead atoms. The lowest BCUT2D eigenvalue weighted by atomic mass is 10.2. The van der Waals surface area contributed by atoms with E-state index in [2.05, 4.69) is 23.4 Å². The number of imidazole rings is 1. The summed E-state index contributed by atoms with van der Waals surface area (Å²) in [7, 11) is 0. The van der Waals surface area contributed by atoms with Crippen LogP contribution < -0.4 is 0 Å². The highest BCUT2D eigenvalue weighted by molar-refractivity contribution is 5.94. The van der Waals surface area contributed by atoms with Crippen molar-refractivity contribution in [3.8, 4) is 0 Å². The number of aromatic nitrogens is 2. The lowest BCUT2D eigenvalue weighted by molar-refractivity contribution is 0.112. The normalized spacial score (nSPS) is 11.2. The van der Waals surface area contributed by atoms with Crippen LogP contribution in [0.5, 0.6) is 0 Å². The molecule has 0 unspecified atom stereocenters.